The average molecular weight is 404 g/mol. The average Bonchev–Trinajstić information content (AvgIpc) is 2.74. The molecule has 0 N–H and O–H groups in total. The fourth-order valence-corrected chi connectivity index (χ4v) is 2.84. The standard InChI is InChI=1S/C13H14BrN3O5S/c1-9-5-13(14)15-16(9)7-10-3-4-11(8-22-23(2,20)21)12(6-10)17(18)19/h3-6H,7-8H2,1-2H3. The van der Waals surface area contributed by atoms with Gasteiger partial charge in [0.15, 0.2) is 0 Å². The molecular weight excluding hydrogens is 390 g/mol. The first-order valence-electron chi connectivity index (χ1n) is 6.46. The van der Waals surface area contributed by atoms with E-state index >= 15 is 0 Å². The van der Waals surface area contributed by atoms with Crippen LogP contribution in [0.1, 0.15) is 16.8 Å². The highest BCUT2D eigenvalue weighted by Gasteiger charge is 2.17. The van der Waals surface area contributed by atoms with Gasteiger partial charge in [0.25, 0.3) is 15.8 Å². The molecule has 0 aliphatic rings. The van der Waals surface area contributed by atoms with Crippen molar-refractivity contribution in [1.29, 1.82) is 0 Å². The molecule has 0 bridgehead atoms. The molecule has 0 saturated heterocycles. The molecule has 0 amide bonds. The number of nitrogens with zero attached hydrogens (tertiary/aromatic N) is 3. The van der Waals surface area contributed by atoms with Crippen molar-refractivity contribution in [3.63, 3.8) is 0 Å². The summed E-state index contributed by atoms with van der Waals surface area (Å²) in [5.74, 6) is 0. The third-order valence-corrected chi connectivity index (χ3v) is 3.99. The van der Waals surface area contributed by atoms with Crippen LogP contribution < -0.4 is 0 Å². The van der Waals surface area contributed by atoms with Crippen LogP contribution in [0.25, 0.3) is 0 Å². The van der Waals surface area contributed by atoms with Gasteiger partial charge >= 0.3 is 0 Å². The molecular formula is C13H14BrN3O5S. The lowest BCUT2D eigenvalue weighted by Gasteiger charge is -2.07. The summed E-state index contributed by atoms with van der Waals surface area (Å²) in [5.41, 5.74) is 1.60. The van der Waals surface area contributed by atoms with E-state index in [4.69, 9.17) is 0 Å². The second kappa shape index (κ2) is 6.77. The number of aromatic nitrogens is 2. The van der Waals surface area contributed by atoms with Gasteiger partial charge in [0, 0.05) is 11.8 Å². The van der Waals surface area contributed by atoms with E-state index in [1.54, 1.807) is 10.7 Å². The van der Waals surface area contributed by atoms with E-state index in [9.17, 15) is 18.5 Å². The van der Waals surface area contributed by atoms with Gasteiger partial charge in [-0.05, 0) is 40.5 Å². The highest BCUT2D eigenvalue weighted by molar-refractivity contribution is 9.10. The topological polar surface area (TPSA) is 104 Å². The molecule has 1 heterocycles. The Hall–Kier alpha value is -1.78. The van der Waals surface area contributed by atoms with Gasteiger partial charge in [0.1, 0.15) is 4.60 Å². The molecule has 0 aliphatic carbocycles. The first-order chi connectivity index (χ1) is 10.7. The molecule has 124 valence electrons. The number of nitro benzene ring substituents is 1. The fraction of sp³-hybridized carbons (Fsp3) is 0.308. The van der Waals surface area contributed by atoms with Crippen molar-refractivity contribution in [1.82, 2.24) is 9.78 Å². The summed E-state index contributed by atoms with van der Waals surface area (Å²) in [6.07, 6.45) is 0.894. The Morgan fingerprint density at radius 2 is 2.09 bits per heavy atom. The van der Waals surface area contributed by atoms with Crippen molar-refractivity contribution >= 4 is 31.7 Å². The Morgan fingerprint density at radius 3 is 2.61 bits per heavy atom. The summed E-state index contributed by atoms with van der Waals surface area (Å²) in [6, 6.07) is 6.41. The molecule has 1 aromatic carbocycles. The van der Waals surface area contributed by atoms with Gasteiger partial charge in [-0.25, -0.2) is 0 Å². The van der Waals surface area contributed by atoms with E-state index < -0.39 is 15.0 Å². The van der Waals surface area contributed by atoms with Crippen molar-refractivity contribution in [2.24, 2.45) is 0 Å². The molecule has 2 rings (SSSR count). The second-order valence-corrected chi connectivity index (χ2v) is 7.41. The zero-order valence-electron chi connectivity index (χ0n) is 12.4. The van der Waals surface area contributed by atoms with Crippen LogP contribution in [-0.2, 0) is 27.5 Å². The zero-order chi connectivity index (χ0) is 17.2. The predicted molar refractivity (Wildman–Crippen MR) is 86.5 cm³/mol. The summed E-state index contributed by atoms with van der Waals surface area (Å²) in [5, 5.41) is 15.4. The summed E-state index contributed by atoms with van der Waals surface area (Å²) in [4.78, 5) is 10.6. The lowest BCUT2D eigenvalue weighted by atomic mass is 10.1. The Morgan fingerprint density at radius 1 is 1.39 bits per heavy atom. The van der Waals surface area contributed by atoms with E-state index in [-0.39, 0.29) is 17.9 Å². The quantitative estimate of drug-likeness (QED) is 0.416. The smallest absolute Gasteiger partial charge is 0.265 e. The van der Waals surface area contributed by atoms with Crippen LogP contribution >= 0.6 is 15.9 Å². The van der Waals surface area contributed by atoms with Gasteiger partial charge in [0.05, 0.1) is 29.9 Å². The van der Waals surface area contributed by atoms with Crippen molar-refractivity contribution in [3.05, 3.63) is 55.8 Å². The third-order valence-electron chi connectivity index (χ3n) is 3.06. The SMILES string of the molecule is Cc1cc(Br)nn1Cc1ccc(COS(C)(=O)=O)c([N+](=O)[O-])c1. The number of rotatable bonds is 6. The third kappa shape index (κ3) is 4.85. The minimum absolute atomic E-state index is 0.185. The van der Waals surface area contributed by atoms with E-state index in [1.165, 1.54) is 12.1 Å². The van der Waals surface area contributed by atoms with E-state index in [2.05, 4.69) is 25.2 Å². The lowest BCUT2D eigenvalue weighted by molar-refractivity contribution is -0.385. The van der Waals surface area contributed by atoms with E-state index in [0.717, 1.165) is 11.9 Å². The maximum Gasteiger partial charge on any atom is 0.275 e. The van der Waals surface area contributed by atoms with Gasteiger partial charge in [-0.2, -0.15) is 13.5 Å². The van der Waals surface area contributed by atoms with Crippen LogP contribution in [0, 0.1) is 17.0 Å². The number of hydrogen-bond acceptors (Lipinski definition) is 6. The first kappa shape index (κ1) is 17.6. The van der Waals surface area contributed by atoms with Crippen LogP contribution in [0.5, 0.6) is 0 Å². The summed E-state index contributed by atoms with van der Waals surface area (Å²) in [6.45, 7) is 1.87. The van der Waals surface area contributed by atoms with Crippen molar-refractivity contribution in [2.75, 3.05) is 6.26 Å². The first-order valence-corrected chi connectivity index (χ1v) is 9.07. The van der Waals surface area contributed by atoms with E-state index in [0.29, 0.717) is 16.7 Å². The number of benzene rings is 1. The van der Waals surface area contributed by atoms with Gasteiger partial charge in [0.2, 0.25) is 0 Å². The van der Waals surface area contributed by atoms with Crippen molar-refractivity contribution < 1.29 is 17.5 Å². The van der Waals surface area contributed by atoms with Crippen molar-refractivity contribution in [2.45, 2.75) is 20.1 Å². The molecule has 2 aromatic rings. The molecule has 10 heteroatoms. The molecule has 8 nitrogen and oxygen atoms in total. The van der Waals surface area contributed by atoms with Crippen LogP contribution in [-0.4, -0.2) is 29.4 Å². The monoisotopic (exact) mass is 403 g/mol. The molecule has 0 saturated carbocycles. The number of halogens is 1. The molecule has 0 spiro atoms. The minimum atomic E-state index is -3.67. The Bertz CT molecular complexity index is 847. The van der Waals surface area contributed by atoms with Gasteiger partial charge in [-0.3, -0.25) is 19.0 Å². The Kier molecular flexibility index (Phi) is 5.17. The summed E-state index contributed by atoms with van der Waals surface area (Å²) < 4.78 is 29.1. The maximum absolute atomic E-state index is 11.2. The molecule has 0 fully saturated rings. The zero-order valence-corrected chi connectivity index (χ0v) is 14.8. The van der Waals surface area contributed by atoms with Gasteiger partial charge in [-0.1, -0.05) is 6.07 Å². The molecule has 0 unspecified atom stereocenters. The largest absolute Gasteiger partial charge is 0.275 e. The summed E-state index contributed by atoms with van der Waals surface area (Å²) >= 11 is 3.27. The minimum Gasteiger partial charge on any atom is -0.265 e. The van der Waals surface area contributed by atoms with Crippen LogP contribution in [0.2, 0.25) is 0 Å². The van der Waals surface area contributed by atoms with Crippen LogP contribution in [0.15, 0.2) is 28.9 Å². The van der Waals surface area contributed by atoms with Crippen molar-refractivity contribution in [3.8, 4) is 0 Å². The Balaban J connectivity index is 2.28. The molecule has 1 aromatic heterocycles. The molecule has 23 heavy (non-hydrogen) atoms. The summed E-state index contributed by atoms with van der Waals surface area (Å²) in [7, 11) is -3.67. The van der Waals surface area contributed by atoms with Crippen LogP contribution in [0.4, 0.5) is 5.69 Å². The molecule has 0 atom stereocenters. The highest BCUT2D eigenvalue weighted by atomic mass is 79.9. The fourth-order valence-electron chi connectivity index (χ4n) is 1.97. The van der Waals surface area contributed by atoms with Crippen LogP contribution in [0.3, 0.4) is 0 Å². The number of aryl methyl sites for hydroxylation is 1. The number of nitro groups is 1. The second-order valence-electron chi connectivity index (χ2n) is 4.95. The predicted octanol–water partition coefficient (Wildman–Crippen LogP) is 2.39. The highest BCUT2D eigenvalue weighted by Crippen LogP contribution is 2.23. The Labute approximate surface area is 141 Å². The van der Waals surface area contributed by atoms with Gasteiger partial charge < -0.3 is 0 Å². The maximum atomic E-state index is 11.2. The molecule has 0 aliphatic heterocycles. The normalized spacial score (nSPS) is 11.6. The van der Waals surface area contributed by atoms with Gasteiger partial charge in [-0.15, -0.1) is 0 Å². The lowest BCUT2D eigenvalue weighted by Crippen LogP contribution is -2.07. The van der Waals surface area contributed by atoms with E-state index in [1.807, 2.05) is 13.0 Å². The molecule has 0 radical (unpaired) electrons. The number of hydrogen-bond donors (Lipinski definition) is 0.